The number of carbonyl (C=O) groups is 2. The maximum Gasteiger partial charge on any atom is 0.244 e. The molecule has 1 aliphatic heterocycles. The smallest absolute Gasteiger partial charge is 0.244 e. The summed E-state index contributed by atoms with van der Waals surface area (Å²) >= 11 is 0. The molecule has 1 heterocycles. The highest BCUT2D eigenvalue weighted by Crippen LogP contribution is 2.55. The molecule has 1 aromatic carbocycles. The molecule has 1 fully saturated rings. The first-order valence-corrected chi connectivity index (χ1v) is 8.14. The number of piperazine rings is 1. The Morgan fingerprint density at radius 3 is 1.87 bits per heavy atom. The molecular formula is C19H28N2O2. The second-order valence-electron chi connectivity index (χ2n) is 8.40. The molecule has 1 unspecified atom stereocenters. The standard InChI is InChI=1S/C19H28N2O2/c1-17(2,3)19(18(4,5)6,13-10-8-7-9-11-13)15-16(23)21-14(22)12-20-15/h7-11,15,20H,12H2,1-6H3,(H,21,22,23). The monoisotopic (exact) mass is 316 g/mol. The Balaban J connectivity index is 2.73. The van der Waals surface area contributed by atoms with Crippen molar-refractivity contribution in [3.63, 3.8) is 0 Å². The highest BCUT2D eigenvalue weighted by atomic mass is 16.2. The zero-order chi connectivity index (χ0) is 17.5. The van der Waals surface area contributed by atoms with Crippen molar-refractivity contribution >= 4 is 11.8 Å². The summed E-state index contributed by atoms with van der Waals surface area (Å²) in [4.78, 5) is 24.3. The number of hydrogen-bond acceptors (Lipinski definition) is 3. The fourth-order valence-corrected chi connectivity index (χ4v) is 4.62. The van der Waals surface area contributed by atoms with E-state index in [1.54, 1.807) is 0 Å². The summed E-state index contributed by atoms with van der Waals surface area (Å²) in [6, 6.07) is 9.70. The summed E-state index contributed by atoms with van der Waals surface area (Å²) in [5.41, 5.74) is 0.220. The van der Waals surface area contributed by atoms with E-state index in [1.165, 1.54) is 0 Å². The molecule has 0 aliphatic carbocycles. The molecule has 1 aromatic rings. The van der Waals surface area contributed by atoms with Crippen LogP contribution in [-0.4, -0.2) is 24.4 Å². The van der Waals surface area contributed by atoms with Crippen LogP contribution in [0.3, 0.4) is 0 Å². The van der Waals surface area contributed by atoms with Gasteiger partial charge in [-0.25, -0.2) is 0 Å². The molecular weight excluding hydrogens is 288 g/mol. The van der Waals surface area contributed by atoms with Gasteiger partial charge in [0, 0.05) is 5.41 Å². The third-order valence-electron chi connectivity index (χ3n) is 5.02. The third-order valence-corrected chi connectivity index (χ3v) is 5.02. The molecule has 0 spiro atoms. The second kappa shape index (κ2) is 5.75. The number of rotatable bonds is 2. The van der Waals surface area contributed by atoms with Gasteiger partial charge in [0.15, 0.2) is 0 Å². The molecule has 1 aliphatic rings. The lowest BCUT2D eigenvalue weighted by atomic mass is 9.47. The molecule has 126 valence electrons. The van der Waals surface area contributed by atoms with E-state index in [9.17, 15) is 9.59 Å². The lowest BCUT2D eigenvalue weighted by molar-refractivity contribution is -0.139. The molecule has 2 N–H and O–H groups in total. The maximum atomic E-state index is 12.7. The minimum atomic E-state index is -0.480. The van der Waals surface area contributed by atoms with Gasteiger partial charge in [0.2, 0.25) is 11.8 Å². The fraction of sp³-hybridized carbons (Fsp3) is 0.579. The minimum absolute atomic E-state index is 0.164. The van der Waals surface area contributed by atoms with Crippen molar-refractivity contribution in [3.05, 3.63) is 35.9 Å². The van der Waals surface area contributed by atoms with Crippen LogP contribution in [0, 0.1) is 10.8 Å². The van der Waals surface area contributed by atoms with Crippen LogP contribution in [0.4, 0.5) is 0 Å². The highest BCUT2D eigenvalue weighted by molar-refractivity contribution is 6.02. The molecule has 1 saturated heterocycles. The number of benzene rings is 1. The van der Waals surface area contributed by atoms with Crippen LogP contribution in [0.15, 0.2) is 30.3 Å². The van der Waals surface area contributed by atoms with Crippen molar-refractivity contribution in [2.45, 2.75) is 53.0 Å². The first kappa shape index (κ1) is 17.7. The fourth-order valence-electron chi connectivity index (χ4n) is 4.62. The SMILES string of the molecule is CC(C)(C)C(c1ccccc1)(C1NCC(=O)NC1=O)C(C)(C)C. The highest BCUT2D eigenvalue weighted by Gasteiger charge is 2.59. The average Bonchev–Trinajstić information content (AvgIpc) is 2.40. The Morgan fingerprint density at radius 1 is 0.913 bits per heavy atom. The molecule has 0 aromatic heterocycles. The Kier molecular flexibility index (Phi) is 4.42. The summed E-state index contributed by atoms with van der Waals surface area (Å²) in [7, 11) is 0. The lowest BCUT2D eigenvalue weighted by Gasteiger charge is -2.58. The molecule has 4 nitrogen and oxygen atoms in total. The summed E-state index contributed by atoms with van der Waals surface area (Å²) in [5.74, 6) is -0.508. The van der Waals surface area contributed by atoms with Crippen LogP contribution >= 0.6 is 0 Å². The van der Waals surface area contributed by atoms with E-state index in [0.717, 1.165) is 5.56 Å². The number of nitrogens with one attached hydrogen (secondary N) is 2. The Hall–Kier alpha value is -1.68. The lowest BCUT2D eigenvalue weighted by Crippen LogP contribution is -2.70. The first-order valence-electron chi connectivity index (χ1n) is 8.14. The van der Waals surface area contributed by atoms with Gasteiger partial charge in [0.05, 0.1) is 12.6 Å². The molecule has 2 rings (SSSR count). The quantitative estimate of drug-likeness (QED) is 0.825. The summed E-state index contributed by atoms with van der Waals surface area (Å²) in [6.45, 7) is 13.1. The van der Waals surface area contributed by atoms with Gasteiger partial charge in [0.1, 0.15) is 0 Å². The Labute approximate surface area is 139 Å². The second-order valence-corrected chi connectivity index (χ2v) is 8.40. The van der Waals surface area contributed by atoms with Crippen molar-refractivity contribution in [3.8, 4) is 0 Å². The van der Waals surface area contributed by atoms with Crippen LogP contribution in [0.2, 0.25) is 0 Å². The summed E-state index contributed by atoms with van der Waals surface area (Å²) in [6.07, 6.45) is 0. The van der Waals surface area contributed by atoms with Gasteiger partial charge in [-0.2, -0.15) is 0 Å². The van der Waals surface area contributed by atoms with E-state index in [-0.39, 0.29) is 29.2 Å². The molecule has 0 bridgehead atoms. The van der Waals surface area contributed by atoms with Gasteiger partial charge in [-0.1, -0.05) is 71.9 Å². The summed E-state index contributed by atoms with van der Waals surface area (Å²) in [5, 5.41) is 5.72. The minimum Gasteiger partial charge on any atom is -0.297 e. The largest absolute Gasteiger partial charge is 0.297 e. The van der Waals surface area contributed by atoms with Crippen molar-refractivity contribution in [1.29, 1.82) is 0 Å². The molecule has 1 atom stereocenters. The van der Waals surface area contributed by atoms with E-state index in [2.05, 4.69) is 64.3 Å². The number of amides is 2. The normalized spacial score (nSPS) is 20.3. The summed E-state index contributed by atoms with van der Waals surface area (Å²) < 4.78 is 0. The zero-order valence-corrected chi connectivity index (χ0v) is 15.0. The van der Waals surface area contributed by atoms with E-state index in [0.29, 0.717) is 0 Å². The van der Waals surface area contributed by atoms with E-state index < -0.39 is 11.5 Å². The van der Waals surface area contributed by atoms with Gasteiger partial charge in [0.25, 0.3) is 0 Å². The molecule has 23 heavy (non-hydrogen) atoms. The van der Waals surface area contributed by atoms with Crippen LogP contribution in [-0.2, 0) is 15.0 Å². The molecule has 0 saturated carbocycles. The van der Waals surface area contributed by atoms with Crippen molar-refractivity contribution in [2.75, 3.05) is 6.54 Å². The van der Waals surface area contributed by atoms with Gasteiger partial charge in [-0.3, -0.25) is 20.2 Å². The van der Waals surface area contributed by atoms with Crippen LogP contribution in [0.1, 0.15) is 47.1 Å². The van der Waals surface area contributed by atoms with Gasteiger partial charge in [-0.05, 0) is 16.4 Å². The van der Waals surface area contributed by atoms with Crippen LogP contribution < -0.4 is 10.6 Å². The first-order chi connectivity index (χ1) is 10.5. The van der Waals surface area contributed by atoms with E-state index >= 15 is 0 Å². The molecule has 2 amide bonds. The van der Waals surface area contributed by atoms with Crippen LogP contribution in [0.25, 0.3) is 0 Å². The van der Waals surface area contributed by atoms with Crippen LogP contribution in [0.5, 0.6) is 0 Å². The third kappa shape index (κ3) is 2.80. The van der Waals surface area contributed by atoms with E-state index in [4.69, 9.17) is 0 Å². The maximum absolute atomic E-state index is 12.7. The Morgan fingerprint density at radius 2 is 1.43 bits per heavy atom. The predicted molar refractivity (Wildman–Crippen MR) is 92.0 cm³/mol. The topological polar surface area (TPSA) is 58.2 Å². The number of hydrogen-bond donors (Lipinski definition) is 2. The van der Waals surface area contributed by atoms with Gasteiger partial charge >= 0.3 is 0 Å². The molecule has 4 heteroatoms. The number of imide groups is 1. The van der Waals surface area contributed by atoms with Gasteiger partial charge < -0.3 is 0 Å². The zero-order valence-electron chi connectivity index (χ0n) is 15.0. The van der Waals surface area contributed by atoms with Crippen molar-refractivity contribution < 1.29 is 9.59 Å². The predicted octanol–water partition coefficient (Wildman–Crippen LogP) is 2.63. The van der Waals surface area contributed by atoms with Crippen molar-refractivity contribution in [1.82, 2.24) is 10.6 Å². The Bertz CT molecular complexity index is 580. The van der Waals surface area contributed by atoms with Gasteiger partial charge in [-0.15, -0.1) is 0 Å². The number of carbonyl (C=O) groups excluding carboxylic acids is 2. The van der Waals surface area contributed by atoms with Crippen molar-refractivity contribution in [2.24, 2.45) is 10.8 Å². The molecule has 0 radical (unpaired) electrons. The van der Waals surface area contributed by atoms with E-state index in [1.807, 2.05) is 18.2 Å². The average molecular weight is 316 g/mol.